The van der Waals surface area contributed by atoms with Gasteiger partial charge < -0.3 is 14.3 Å². The molecule has 1 aliphatic carbocycles. The topological polar surface area (TPSA) is 67.5 Å². The van der Waals surface area contributed by atoms with Gasteiger partial charge in [-0.2, -0.15) is 0 Å². The number of aromatic nitrogens is 1. The lowest BCUT2D eigenvalue weighted by molar-refractivity contribution is -0.127. The van der Waals surface area contributed by atoms with E-state index in [0.717, 1.165) is 36.8 Å². The van der Waals surface area contributed by atoms with E-state index in [1.807, 2.05) is 30.5 Å². The Morgan fingerprint density at radius 1 is 1.19 bits per heavy atom. The number of halogens is 1. The van der Waals surface area contributed by atoms with E-state index in [9.17, 15) is 9.59 Å². The maximum absolute atomic E-state index is 13.8. The van der Waals surface area contributed by atoms with E-state index in [1.165, 1.54) is 0 Å². The second kappa shape index (κ2) is 7.69. The zero-order valence-corrected chi connectivity index (χ0v) is 19.4. The highest BCUT2D eigenvalue weighted by Crippen LogP contribution is 2.38. The lowest BCUT2D eigenvalue weighted by Crippen LogP contribution is -2.65. The van der Waals surface area contributed by atoms with Gasteiger partial charge in [-0.1, -0.05) is 24.6 Å². The number of carbonyl (C=O) groups is 2. The summed E-state index contributed by atoms with van der Waals surface area (Å²) in [6.07, 6.45) is 5.75. The van der Waals surface area contributed by atoms with Crippen molar-refractivity contribution in [1.82, 2.24) is 9.88 Å². The number of amides is 2. The molecule has 6 nitrogen and oxygen atoms in total. The molecule has 1 N–H and O–H groups in total. The number of hydrogen-bond donors (Lipinski definition) is 1. The van der Waals surface area contributed by atoms with Crippen LogP contribution >= 0.6 is 11.6 Å². The van der Waals surface area contributed by atoms with Gasteiger partial charge in [0.25, 0.3) is 5.91 Å². The number of carbonyl (C=O) groups excluding carboxylic acids is 2. The summed E-state index contributed by atoms with van der Waals surface area (Å²) in [7, 11) is 0. The number of nitrogens with one attached hydrogen (secondary N) is 1. The van der Waals surface area contributed by atoms with Crippen LogP contribution in [0.25, 0.3) is 11.1 Å². The van der Waals surface area contributed by atoms with Crippen LogP contribution in [0.3, 0.4) is 0 Å². The molecule has 2 aliphatic rings. The van der Waals surface area contributed by atoms with Gasteiger partial charge in [0.2, 0.25) is 5.91 Å². The van der Waals surface area contributed by atoms with Gasteiger partial charge in [-0.3, -0.25) is 14.5 Å². The van der Waals surface area contributed by atoms with Gasteiger partial charge in [0.15, 0.2) is 5.58 Å². The van der Waals surface area contributed by atoms with Gasteiger partial charge in [-0.25, -0.2) is 0 Å². The first kappa shape index (κ1) is 21.1. The van der Waals surface area contributed by atoms with Crippen LogP contribution in [0.1, 0.15) is 55.6 Å². The summed E-state index contributed by atoms with van der Waals surface area (Å²) in [5.74, 6) is 0.320. The van der Waals surface area contributed by atoms with Crippen molar-refractivity contribution in [2.24, 2.45) is 5.92 Å². The first-order valence-corrected chi connectivity index (χ1v) is 11.6. The van der Waals surface area contributed by atoms with Crippen molar-refractivity contribution in [2.75, 3.05) is 4.90 Å². The Morgan fingerprint density at radius 2 is 1.94 bits per heavy atom. The molecule has 1 fully saturated rings. The summed E-state index contributed by atoms with van der Waals surface area (Å²) in [6.45, 7) is 6.37. The average Bonchev–Trinajstić information content (AvgIpc) is 3.35. The van der Waals surface area contributed by atoms with Crippen LogP contribution in [0.2, 0.25) is 5.02 Å². The summed E-state index contributed by atoms with van der Waals surface area (Å²) in [4.78, 5) is 29.3. The maximum Gasteiger partial charge on any atom is 0.276 e. The van der Waals surface area contributed by atoms with E-state index in [2.05, 4.69) is 12.2 Å². The van der Waals surface area contributed by atoms with Crippen LogP contribution in [-0.4, -0.2) is 28.0 Å². The molecule has 3 aromatic rings. The third-order valence-electron chi connectivity index (χ3n) is 7.16. The first-order chi connectivity index (χ1) is 15.3. The van der Waals surface area contributed by atoms with Gasteiger partial charge in [0.1, 0.15) is 11.2 Å². The second-order valence-electron chi connectivity index (χ2n) is 9.56. The number of benzene rings is 1. The van der Waals surface area contributed by atoms with E-state index < -0.39 is 5.54 Å². The molecule has 1 aliphatic heterocycles. The molecule has 5 rings (SSSR count). The average molecular weight is 454 g/mol. The summed E-state index contributed by atoms with van der Waals surface area (Å²) < 4.78 is 7.45. The molecule has 32 heavy (non-hydrogen) atoms. The van der Waals surface area contributed by atoms with Gasteiger partial charge in [0.05, 0.1) is 18.3 Å². The van der Waals surface area contributed by atoms with Crippen molar-refractivity contribution in [3.05, 3.63) is 52.9 Å². The number of furan rings is 1. The third-order valence-corrected chi connectivity index (χ3v) is 7.39. The minimum absolute atomic E-state index is 0.132. The summed E-state index contributed by atoms with van der Waals surface area (Å²) >= 11 is 6.31. The number of anilines is 1. The Bertz CT molecular complexity index is 1200. The fourth-order valence-electron chi connectivity index (χ4n) is 5.16. The smallest absolute Gasteiger partial charge is 0.276 e. The molecule has 0 spiro atoms. The van der Waals surface area contributed by atoms with Crippen LogP contribution in [-0.2, 0) is 11.3 Å². The van der Waals surface area contributed by atoms with Crippen LogP contribution in [0.15, 0.2) is 41.0 Å². The Kier molecular flexibility index (Phi) is 5.08. The minimum Gasteiger partial charge on any atom is -0.463 e. The monoisotopic (exact) mass is 453 g/mol. The van der Waals surface area contributed by atoms with Crippen molar-refractivity contribution < 1.29 is 14.0 Å². The molecule has 0 radical (unpaired) electrons. The largest absolute Gasteiger partial charge is 0.463 e. The number of hydrogen-bond acceptors (Lipinski definition) is 3. The normalized spacial score (nSPS) is 25.8. The molecule has 2 amide bonds. The minimum atomic E-state index is -1.12. The van der Waals surface area contributed by atoms with Gasteiger partial charge in [0, 0.05) is 28.9 Å². The van der Waals surface area contributed by atoms with Crippen LogP contribution < -0.4 is 10.2 Å². The van der Waals surface area contributed by atoms with E-state index >= 15 is 0 Å². The summed E-state index contributed by atoms with van der Waals surface area (Å²) in [5, 5.41) is 3.79. The highest BCUT2D eigenvalue weighted by molar-refractivity contribution is 6.31. The number of rotatable bonds is 3. The van der Waals surface area contributed by atoms with Crippen LogP contribution in [0.5, 0.6) is 0 Å². The Morgan fingerprint density at radius 3 is 2.69 bits per heavy atom. The third kappa shape index (κ3) is 3.32. The number of aryl methyl sites for hydroxylation is 1. The highest BCUT2D eigenvalue weighted by Gasteiger charge is 2.49. The number of nitrogens with zero attached hydrogens (tertiary/aromatic N) is 2. The van der Waals surface area contributed by atoms with Crippen LogP contribution in [0, 0.1) is 12.8 Å². The zero-order chi connectivity index (χ0) is 22.6. The SMILES string of the molecule is Cc1ccc(Cl)cc1N1C(=O)c2cc3occc3n2C[C@]1(C)C(=O)NC1CCC(C)CC1. The van der Waals surface area contributed by atoms with E-state index in [4.69, 9.17) is 16.0 Å². The van der Waals surface area contributed by atoms with Crippen LogP contribution in [0.4, 0.5) is 5.69 Å². The van der Waals surface area contributed by atoms with Gasteiger partial charge in [-0.05, 0) is 63.1 Å². The van der Waals surface area contributed by atoms with E-state index in [-0.39, 0.29) is 17.9 Å². The second-order valence-corrected chi connectivity index (χ2v) is 10.00. The summed E-state index contributed by atoms with van der Waals surface area (Å²) in [6, 6.07) is 9.17. The number of fused-ring (bicyclic) bond motifs is 3. The molecule has 3 heterocycles. The zero-order valence-electron chi connectivity index (χ0n) is 18.7. The molecular formula is C25H28ClN3O3. The predicted molar refractivity (Wildman–Crippen MR) is 125 cm³/mol. The van der Waals surface area contributed by atoms with Crippen molar-refractivity contribution >= 4 is 40.2 Å². The quantitative estimate of drug-likeness (QED) is 0.584. The molecule has 2 aromatic heterocycles. The Labute approximate surface area is 192 Å². The molecule has 0 saturated heterocycles. The summed E-state index contributed by atoms with van der Waals surface area (Å²) in [5.41, 5.74) is 2.39. The first-order valence-electron chi connectivity index (χ1n) is 11.3. The molecule has 0 bridgehead atoms. The molecule has 0 unspecified atom stereocenters. The van der Waals surface area contributed by atoms with Crippen molar-refractivity contribution in [3.8, 4) is 0 Å². The molecule has 1 saturated carbocycles. The maximum atomic E-state index is 13.8. The van der Waals surface area contributed by atoms with Gasteiger partial charge >= 0.3 is 0 Å². The van der Waals surface area contributed by atoms with Crippen molar-refractivity contribution in [2.45, 2.75) is 64.6 Å². The Hall–Kier alpha value is -2.73. The molecule has 1 aromatic carbocycles. The Balaban J connectivity index is 1.59. The highest BCUT2D eigenvalue weighted by atomic mass is 35.5. The lowest BCUT2D eigenvalue weighted by atomic mass is 9.86. The van der Waals surface area contributed by atoms with Crippen molar-refractivity contribution in [1.29, 1.82) is 0 Å². The predicted octanol–water partition coefficient (Wildman–Crippen LogP) is 5.31. The molecular weight excluding hydrogens is 426 g/mol. The standard InChI is InChI=1S/C25H28ClN3O3/c1-15-4-8-18(9-5-15)27-24(31)25(3)14-28-19-10-11-32-22(19)13-21(28)23(30)29(25)20-12-17(26)7-6-16(20)2/h6-7,10-13,15,18H,4-5,8-9,14H2,1-3H3,(H,27,31)/t15?,18?,25-/m1/s1. The molecule has 168 valence electrons. The fourth-order valence-corrected chi connectivity index (χ4v) is 5.33. The lowest BCUT2D eigenvalue weighted by Gasteiger charge is -2.45. The van der Waals surface area contributed by atoms with E-state index in [0.29, 0.717) is 34.4 Å². The molecule has 7 heteroatoms. The molecule has 1 atom stereocenters. The van der Waals surface area contributed by atoms with Crippen molar-refractivity contribution in [3.63, 3.8) is 0 Å². The van der Waals surface area contributed by atoms with E-state index in [1.54, 1.807) is 29.4 Å². The fraction of sp³-hybridized carbons (Fsp3) is 0.440. The van der Waals surface area contributed by atoms with Gasteiger partial charge in [-0.15, -0.1) is 0 Å².